The van der Waals surface area contributed by atoms with Crippen LogP contribution in [-0.4, -0.2) is 30.1 Å². The molecule has 0 saturated carbocycles. The first-order valence-corrected chi connectivity index (χ1v) is 9.39. The molecule has 0 aliphatic rings. The van der Waals surface area contributed by atoms with Crippen LogP contribution in [0.5, 0.6) is 5.75 Å². The van der Waals surface area contributed by atoms with Crippen LogP contribution in [0.4, 0.5) is 0 Å². The highest BCUT2D eigenvalue weighted by Crippen LogP contribution is 2.23. The van der Waals surface area contributed by atoms with Crippen molar-refractivity contribution in [1.29, 1.82) is 0 Å². The molecule has 0 saturated heterocycles. The highest BCUT2D eigenvalue weighted by atomic mass is 35.5. The minimum absolute atomic E-state index is 0.0962. The number of benzene rings is 1. The lowest BCUT2D eigenvalue weighted by Gasteiger charge is -2.08. The molecule has 24 heavy (non-hydrogen) atoms. The monoisotopic (exact) mass is 388 g/mol. The van der Waals surface area contributed by atoms with E-state index < -0.39 is 21.0 Å². The van der Waals surface area contributed by atoms with Gasteiger partial charge < -0.3 is 4.74 Å². The van der Waals surface area contributed by atoms with Crippen molar-refractivity contribution in [1.82, 2.24) is 9.97 Å². The summed E-state index contributed by atoms with van der Waals surface area (Å²) in [5, 5.41) is -0.0167. The normalized spacial score (nSPS) is 11.3. The predicted molar refractivity (Wildman–Crippen MR) is 90.5 cm³/mol. The molecular formula is C15H14Cl2N2O4S. The van der Waals surface area contributed by atoms with Gasteiger partial charge in [0.1, 0.15) is 5.75 Å². The topological polar surface area (TPSA) is 86.2 Å². The third-order valence-electron chi connectivity index (χ3n) is 3.01. The number of esters is 1. The van der Waals surface area contributed by atoms with E-state index in [1.165, 1.54) is 6.07 Å². The standard InChI is InChI=1S/C15H14Cl2N2O4S/c1-3-6-24(21,22)15-18-8-12(17)13(19-15)14(20)23-10-4-5-11(16)9(2)7-10/h4-5,7-8H,3,6H2,1-2H3. The molecule has 1 aromatic heterocycles. The number of hydrogen-bond donors (Lipinski definition) is 0. The van der Waals surface area contributed by atoms with Crippen molar-refractivity contribution in [3.63, 3.8) is 0 Å². The molecule has 0 N–H and O–H groups in total. The Morgan fingerprint density at radius 2 is 1.96 bits per heavy atom. The Kier molecular flexibility index (Phi) is 5.79. The van der Waals surface area contributed by atoms with E-state index in [0.29, 0.717) is 11.4 Å². The largest absolute Gasteiger partial charge is 0.422 e. The van der Waals surface area contributed by atoms with Crippen LogP contribution in [0, 0.1) is 6.92 Å². The molecule has 0 amide bonds. The Hall–Kier alpha value is -1.70. The fraction of sp³-hybridized carbons (Fsp3) is 0.267. The minimum Gasteiger partial charge on any atom is -0.422 e. The van der Waals surface area contributed by atoms with Crippen LogP contribution in [-0.2, 0) is 9.84 Å². The number of carbonyl (C=O) groups is 1. The first-order valence-electron chi connectivity index (χ1n) is 6.98. The Labute approximate surface area is 149 Å². The second-order valence-corrected chi connectivity index (χ2v) is 7.79. The van der Waals surface area contributed by atoms with Gasteiger partial charge in [0.25, 0.3) is 0 Å². The number of nitrogens with zero attached hydrogens (tertiary/aromatic N) is 2. The van der Waals surface area contributed by atoms with Crippen LogP contribution in [0.3, 0.4) is 0 Å². The molecule has 0 unspecified atom stereocenters. The maximum atomic E-state index is 12.2. The van der Waals surface area contributed by atoms with E-state index in [4.69, 9.17) is 27.9 Å². The van der Waals surface area contributed by atoms with E-state index in [1.807, 2.05) is 0 Å². The fourth-order valence-corrected chi connectivity index (χ4v) is 3.29. The second kappa shape index (κ2) is 7.46. The van der Waals surface area contributed by atoms with Crippen molar-refractivity contribution >= 4 is 39.0 Å². The maximum Gasteiger partial charge on any atom is 0.364 e. The van der Waals surface area contributed by atoms with E-state index in [-0.39, 0.29) is 22.2 Å². The van der Waals surface area contributed by atoms with Crippen LogP contribution in [0.15, 0.2) is 29.6 Å². The summed E-state index contributed by atoms with van der Waals surface area (Å²) in [6, 6.07) is 4.67. The van der Waals surface area contributed by atoms with Gasteiger partial charge in [0, 0.05) is 5.02 Å². The van der Waals surface area contributed by atoms with Crippen molar-refractivity contribution in [3.8, 4) is 5.75 Å². The van der Waals surface area contributed by atoms with Gasteiger partial charge in [-0.25, -0.2) is 23.2 Å². The average Bonchev–Trinajstić information content (AvgIpc) is 2.51. The van der Waals surface area contributed by atoms with Gasteiger partial charge in [-0.2, -0.15) is 0 Å². The number of aromatic nitrogens is 2. The van der Waals surface area contributed by atoms with Gasteiger partial charge in [0.05, 0.1) is 17.0 Å². The highest BCUT2D eigenvalue weighted by Gasteiger charge is 2.23. The van der Waals surface area contributed by atoms with Crippen LogP contribution in [0.2, 0.25) is 10.0 Å². The molecule has 9 heteroatoms. The van der Waals surface area contributed by atoms with Crippen LogP contribution >= 0.6 is 23.2 Å². The highest BCUT2D eigenvalue weighted by molar-refractivity contribution is 7.91. The molecule has 2 aromatic rings. The Morgan fingerprint density at radius 3 is 2.58 bits per heavy atom. The molecule has 128 valence electrons. The van der Waals surface area contributed by atoms with E-state index in [9.17, 15) is 13.2 Å². The molecule has 0 radical (unpaired) electrons. The average molecular weight is 389 g/mol. The van der Waals surface area contributed by atoms with Gasteiger partial charge in [0.2, 0.25) is 15.0 Å². The van der Waals surface area contributed by atoms with Gasteiger partial charge in [-0.3, -0.25) is 0 Å². The molecule has 0 atom stereocenters. The second-order valence-electron chi connectivity index (χ2n) is 4.97. The summed E-state index contributed by atoms with van der Waals surface area (Å²) >= 11 is 11.8. The molecule has 1 heterocycles. The number of aryl methyl sites for hydroxylation is 1. The Balaban J connectivity index is 2.33. The fourth-order valence-electron chi connectivity index (χ4n) is 1.84. The predicted octanol–water partition coefficient (Wildman–Crippen LogP) is 3.49. The van der Waals surface area contributed by atoms with Crippen molar-refractivity contribution in [2.24, 2.45) is 0 Å². The van der Waals surface area contributed by atoms with E-state index in [1.54, 1.807) is 26.0 Å². The lowest BCUT2D eigenvalue weighted by Crippen LogP contribution is -2.17. The number of carbonyl (C=O) groups excluding carboxylic acids is 1. The van der Waals surface area contributed by atoms with E-state index in [0.717, 1.165) is 11.8 Å². The Bertz CT molecular complexity index is 885. The SMILES string of the molecule is CCCS(=O)(=O)c1ncc(Cl)c(C(=O)Oc2ccc(Cl)c(C)c2)n1. The molecular weight excluding hydrogens is 375 g/mol. The third-order valence-corrected chi connectivity index (χ3v) is 5.41. The summed E-state index contributed by atoms with van der Waals surface area (Å²) in [6.45, 7) is 3.47. The first-order chi connectivity index (χ1) is 11.2. The zero-order valence-corrected chi connectivity index (χ0v) is 15.2. The lowest BCUT2D eigenvalue weighted by atomic mass is 10.2. The number of halogens is 2. The number of sulfone groups is 1. The van der Waals surface area contributed by atoms with E-state index >= 15 is 0 Å². The molecule has 1 aromatic carbocycles. The molecule has 0 bridgehead atoms. The summed E-state index contributed by atoms with van der Waals surface area (Å²) in [5.74, 6) is -0.758. The molecule has 2 rings (SSSR count). The first kappa shape index (κ1) is 18.6. The number of ether oxygens (including phenoxy) is 1. The van der Waals surface area contributed by atoms with Gasteiger partial charge in [0.15, 0.2) is 5.69 Å². The van der Waals surface area contributed by atoms with Crippen LogP contribution in [0.1, 0.15) is 29.4 Å². The van der Waals surface area contributed by atoms with Crippen molar-refractivity contribution in [2.75, 3.05) is 5.75 Å². The quantitative estimate of drug-likeness (QED) is 0.442. The number of hydrogen-bond acceptors (Lipinski definition) is 6. The zero-order chi connectivity index (χ0) is 17.9. The minimum atomic E-state index is -3.67. The Morgan fingerprint density at radius 1 is 1.25 bits per heavy atom. The van der Waals surface area contributed by atoms with Crippen LogP contribution in [0.25, 0.3) is 0 Å². The van der Waals surface area contributed by atoms with Gasteiger partial charge in [-0.15, -0.1) is 0 Å². The lowest BCUT2D eigenvalue weighted by molar-refractivity contribution is 0.0727. The maximum absolute atomic E-state index is 12.2. The summed E-state index contributed by atoms with van der Waals surface area (Å²) < 4.78 is 29.2. The summed E-state index contributed by atoms with van der Waals surface area (Å²) in [7, 11) is -3.67. The third kappa shape index (κ3) is 4.23. The van der Waals surface area contributed by atoms with Gasteiger partial charge >= 0.3 is 5.97 Å². The van der Waals surface area contributed by atoms with Crippen molar-refractivity contribution in [3.05, 3.63) is 45.7 Å². The van der Waals surface area contributed by atoms with Crippen molar-refractivity contribution < 1.29 is 17.9 Å². The summed E-state index contributed by atoms with van der Waals surface area (Å²) in [5.41, 5.74) is 0.413. The van der Waals surface area contributed by atoms with Gasteiger partial charge in [-0.1, -0.05) is 30.1 Å². The molecule has 0 aliphatic heterocycles. The summed E-state index contributed by atoms with van der Waals surface area (Å²) in [4.78, 5) is 19.7. The van der Waals surface area contributed by atoms with Crippen molar-refractivity contribution in [2.45, 2.75) is 25.4 Å². The number of rotatable bonds is 5. The van der Waals surface area contributed by atoms with E-state index in [2.05, 4.69) is 9.97 Å². The molecule has 0 aliphatic carbocycles. The molecule has 0 fully saturated rings. The molecule has 6 nitrogen and oxygen atoms in total. The smallest absolute Gasteiger partial charge is 0.364 e. The van der Waals surface area contributed by atoms with Gasteiger partial charge in [-0.05, 0) is 37.1 Å². The molecule has 0 spiro atoms. The van der Waals surface area contributed by atoms with Crippen LogP contribution < -0.4 is 4.74 Å². The zero-order valence-electron chi connectivity index (χ0n) is 12.9. The summed E-state index contributed by atoms with van der Waals surface area (Å²) in [6.07, 6.45) is 1.47.